The average molecular weight is 456 g/mol. The minimum Gasteiger partial charge on any atom is -0.463 e. The summed E-state index contributed by atoms with van der Waals surface area (Å²) < 4.78 is 108. The van der Waals surface area contributed by atoms with Crippen LogP contribution >= 0.6 is 0 Å². The van der Waals surface area contributed by atoms with Crippen molar-refractivity contribution in [1.29, 1.82) is 0 Å². The maximum absolute atomic E-state index is 13.2. The molecular weight excluding hydrogens is 434 g/mol. The van der Waals surface area contributed by atoms with E-state index >= 15 is 0 Å². The van der Waals surface area contributed by atoms with Gasteiger partial charge in [-0.1, -0.05) is 19.8 Å². The summed E-state index contributed by atoms with van der Waals surface area (Å²) in [5.74, 6) is -3.10. The van der Waals surface area contributed by atoms with Crippen LogP contribution in [0.4, 0.5) is 26.3 Å². The van der Waals surface area contributed by atoms with Crippen LogP contribution in [0.2, 0.25) is 0 Å². The number of rotatable bonds is 5. The molecule has 170 valence electrons. The van der Waals surface area contributed by atoms with Gasteiger partial charge in [0.25, 0.3) is 0 Å². The zero-order valence-corrected chi connectivity index (χ0v) is 16.3. The van der Waals surface area contributed by atoms with Gasteiger partial charge in [0.15, 0.2) is 0 Å². The van der Waals surface area contributed by atoms with Crippen molar-refractivity contribution in [1.82, 2.24) is 0 Å². The largest absolute Gasteiger partial charge is 0.463 e. The molecule has 13 heteroatoms. The van der Waals surface area contributed by atoms with Gasteiger partial charge in [-0.15, -0.1) is 0 Å². The number of esters is 1. The smallest absolute Gasteiger partial charge is 0.430 e. The maximum Gasteiger partial charge on any atom is 0.430 e. The van der Waals surface area contributed by atoms with Crippen molar-refractivity contribution in [3.05, 3.63) is 0 Å². The second kappa shape index (κ2) is 7.26. The van der Waals surface area contributed by atoms with E-state index in [9.17, 15) is 44.7 Å². The molecule has 29 heavy (non-hydrogen) atoms. The Balaban J connectivity index is 2.34. The first kappa shape index (κ1) is 24.2. The topological polar surface area (TPSA) is 101 Å². The molecule has 2 N–H and O–H groups in total. The molecule has 3 unspecified atom stereocenters. The van der Waals surface area contributed by atoms with Gasteiger partial charge >= 0.3 is 33.2 Å². The van der Waals surface area contributed by atoms with Crippen LogP contribution in [0.1, 0.15) is 45.4 Å². The zero-order chi connectivity index (χ0) is 22.5. The molecule has 6 nitrogen and oxygen atoms in total. The second-order valence-corrected chi connectivity index (χ2v) is 10.1. The molecule has 0 aromatic carbocycles. The summed E-state index contributed by atoms with van der Waals surface area (Å²) in [5, 5.41) is 9.73. The normalized spacial score (nSPS) is 31.4. The van der Waals surface area contributed by atoms with Gasteiger partial charge in [0.05, 0.1) is 6.61 Å². The Morgan fingerprint density at radius 2 is 1.69 bits per heavy atom. The molecule has 0 radical (unpaired) electrons. The molecule has 2 fully saturated rings. The van der Waals surface area contributed by atoms with E-state index in [4.69, 9.17) is 4.55 Å². The fraction of sp³-hybridized carbons (Fsp3) is 0.938. The van der Waals surface area contributed by atoms with Crippen molar-refractivity contribution in [3.63, 3.8) is 0 Å². The highest BCUT2D eigenvalue weighted by atomic mass is 32.2. The molecule has 0 aromatic rings. The predicted octanol–water partition coefficient (Wildman–Crippen LogP) is 3.25. The Morgan fingerprint density at radius 1 is 1.14 bits per heavy atom. The first-order valence-electron chi connectivity index (χ1n) is 8.82. The number of carbonyl (C=O) groups excluding carboxylic acids is 1. The van der Waals surface area contributed by atoms with Crippen molar-refractivity contribution in [2.24, 2.45) is 16.7 Å². The van der Waals surface area contributed by atoms with Gasteiger partial charge in [0.1, 0.15) is 0 Å². The molecule has 2 aliphatic carbocycles. The summed E-state index contributed by atoms with van der Waals surface area (Å²) in [6, 6.07) is 0. The third kappa shape index (κ3) is 4.09. The van der Waals surface area contributed by atoms with Crippen LogP contribution in [0.5, 0.6) is 0 Å². The summed E-state index contributed by atoms with van der Waals surface area (Å²) in [6.07, 6.45) is -10.0. The third-order valence-electron chi connectivity index (χ3n) is 5.98. The van der Waals surface area contributed by atoms with E-state index in [0.717, 1.165) is 12.8 Å². The third-order valence-corrected chi connectivity index (χ3v) is 7.39. The number of hydrogen-bond acceptors (Lipinski definition) is 5. The van der Waals surface area contributed by atoms with E-state index < -0.39 is 50.6 Å². The lowest BCUT2D eigenvalue weighted by atomic mass is 9.54. The van der Waals surface area contributed by atoms with Crippen molar-refractivity contribution in [3.8, 4) is 0 Å². The highest BCUT2D eigenvalue weighted by Gasteiger charge is 2.85. The molecule has 2 bridgehead atoms. The molecule has 0 aromatic heterocycles. The molecule has 0 spiro atoms. The van der Waals surface area contributed by atoms with E-state index in [1.807, 2.05) is 0 Å². The van der Waals surface area contributed by atoms with Crippen LogP contribution in [-0.4, -0.2) is 54.4 Å². The van der Waals surface area contributed by atoms with E-state index in [0.29, 0.717) is 19.3 Å². The lowest BCUT2D eigenvalue weighted by Crippen LogP contribution is -2.67. The number of hydrogen-bond donors (Lipinski definition) is 2. The monoisotopic (exact) mass is 456 g/mol. The Kier molecular flexibility index (Phi) is 6.05. The Labute approximate surface area is 163 Å². The molecule has 2 aliphatic rings. The highest BCUT2D eigenvalue weighted by molar-refractivity contribution is 7.88. The van der Waals surface area contributed by atoms with Crippen molar-refractivity contribution in [2.75, 3.05) is 13.2 Å². The van der Waals surface area contributed by atoms with Gasteiger partial charge in [-0.05, 0) is 37.0 Å². The molecule has 0 saturated heterocycles. The molecule has 2 rings (SSSR count). The summed E-state index contributed by atoms with van der Waals surface area (Å²) in [5.41, 5.74) is -1.62. The molecule has 2 saturated carbocycles. The summed E-state index contributed by atoms with van der Waals surface area (Å²) in [6.45, 7) is 0.360. The fourth-order valence-corrected chi connectivity index (χ4v) is 5.89. The van der Waals surface area contributed by atoms with Crippen molar-refractivity contribution in [2.45, 2.75) is 62.5 Å². The quantitative estimate of drug-likeness (QED) is 0.374. The number of carbonyl (C=O) groups is 1. The number of alkyl halides is 6. The number of aliphatic hydroxyl groups excluding tert-OH is 1. The molecule has 0 heterocycles. The van der Waals surface area contributed by atoms with Gasteiger partial charge in [0, 0.05) is 12.0 Å². The van der Waals surface area contributed by atoms with Crippen LogP contribution in [0.15, 0.2) is 0 Å². The Bertz CT molecular complexity index is 734. The van der Waals surface area contributed by atoms with Crippen molar-refractivity contribution >= 4 is 16.1 Å². The SMILES string of the molecule is CC1(COC(=O)C(C(F)(F)F)(C(F)(F)F)S(=O)(=O)O)CC2CCCC(CO)(C2)C1. The second-order valence-electron chi connectivity index (χ2n) is 8.54. The van der Waals surface area contributed by atoms with E-state index in [1.54, 1.807) is 0 Å². The maximum atomic E-state index is 13.2. The van der Waals surface area contributed by atoms with Crippen LogP contribution in [0.3, 0.4) is 0 Å². The van der Waals surface area contributed by atoms with Crippen molar-refractivity contribution < 1.29 is 54.0 Å². The fourth-order valence-electron chi connectivity index (χ4n) is 5.03. The average Bonchev–Trinajstić information content (AvgIpc) is 2.48. The van der Waals surface area contributed by atoms with Crippen LogP contribution in [-0.2, 0) is 19.6 Å². The molecule has 0 aliphatic heterocycles. The highest BCUT2D eigenvalue weighted by Crippen LogP contribution is 2.56. The number of fused-ring (bicyclic) bond motifs is 2. The minimum absolute atomic E-state index is 0.0462. The van der Waals surface area contributed by atoms with E-state index in [1.165, 1.54) is 6.92 Å². The lowest BCUT2D eigenvalue weighted by molar-refractivity contribution is -0.269. The van der Waals surface area contributed by atoms with E-state index in [-0.39, 0.29) is 18.9 Å². The minimum atomic E-state index is -7.01. The van der Waals surface area contributed by atoms with Crippen LogP contribution < -0.4 is 0 Å². The zero-order valence-electron chi connectivity index (χ0n) is 15.4. The summed E-state index contributed by atoms with van der Waals surface area (Å²) in [4.78, 5) is 11.9. The van der Waals surface area contributed by atoms with Gasteiger partial charge in [-0.25, -0.2) is 4.79 Å². The summed E-state index contributed by atoms with van der Waals surface area (Å²) in [7, 11) is -7.01. The van der Waals surface area contributed by atoms with Gasteiger partial charge in [0.2, 0.25) is 0 Å². The Hall–Kier alpha value is -1.08. The van der Waals surface area contributed by atoms with Gasteiger partial charge in [-0.2, -0.15) is 34.8 Å². The first-order valence-corrected chi connectivity index (χ1v) is 10.3. The molecular formula is C16H22F6O6S. The molecule has 3 atom stereocenters. The number of aliphatic hydroxyl groups is 1. The first-order chi connectivity index (χ1) is 12.9. The number of halogens is 6. The Morgan fingerprint density at radius 3 is 2.14 bits per heavy atom. The summed E-state index contributed by atoms with van der Waals surface area (Å²) >= 11 is 0. The van der Waals surface area contributed by atoms with Crippen LogP contribution in [0, 0.1) is 16.7 Å². The van der Waals surface area contributed by atoms with Gasteiger partial charge in [-0.3, -0.25) is 4.55 Å². The van der Waals surface area contributed by atoms with Gasteiger partial charge < -0.3 is 9.84 Å². The van der Waals surface area contributed by atoms with E-state index in [2.05, 4.69) is 4.74 Å². The lowest BCUT2D eigenvalue weighted by Gasteiger charge is -2.52. The number of ether oxygens (including phenoxy) is 1. The standard InChI is InChI=1S/C16H22F6O6S/c1-12(5-10-3-2-4-13(6-10,7-12)8-23)9-28-11(24)14(15(17,18)19,16(20,21)22)29(25,26)27/h10,23H,2-9H2,1H3,(H,25,26,27). The van der Waals surface area contributed by atoms with Crippen LogP contribution in [0.25, 0.3) is 0 Å². The molecule has 0 amide bonds. The predicted molar refractivity (Wildman–Crippen MR) is 86.2 cm³/mol.